The quantitative estimate of drug-likeness (QED) is 0.749. The van der Waals surface area contributed by atoms with Gasteiger partial charge in [0, 0.05) is 16.6 Å². The van der Waals surface area contributed by atoms with Crippen LogP contribution in [-0.2, 0) is 6.42 Å². The zero-order valence-corrected chi connectivity index (χ0v) is 12.1. The molecule has 0 unspecified atom stereocenters. The topological polar surface area (TPSA) is 77.8 Å². The molecule has 0 spiro atoms. The molecule has 2 N–H and O–H groups in total. The van der Waals surface area contributed by atoms with Gasteiger partial charge in [-0.3, -0.25) is 0 Å². The lowest BCUT2D eigenvalue weighted by molar-refractivity contribution is 0.423. The summed E-state index contributed by atoms with van der Waals surface area (Å²) in [5.41, 5.74) is 9.36. The van der Waals surface area contributed by atoms with Gasteiger partial charge >= 0.3 is 0 Å². The summed E-state index contributed by atoms with van der Waals surface area (Å²) in [6.45, 7) is 3.95. The van der Waals surface area contributed by atoms with Crippen LogP contribution in [0.1, 0.15) is 22.1 Å². The van der Waals surface area contributed by atoms with Crippen LogP contribution in [0.5, 0.6) is 0 Å². The summed E-state index contributed by atoms with van der Waals surface area (Å²) in [6, 6.07) is 5.62. The van der Waals surface area contributed by atoms with E-state index in [-0.39, 0.29) is 0 Å². The molecule has 0 amide bonds. The van der Waals surface area contributed by atoms with Crippen molar-refractivity contribution in [3.8, 4) is 11.5 Å². The molecule has 0 aliphatic rings. The molecule has 0 saturated heterocycles. The normalized spacial score (nSPS) is 10.9. The van der Waals surface area contributed by atoms with Crippen LogP contribution in [0, 0.1) is 13.8 Å². The van der Waals surface area contributed by atoms with Crippen LogP contribution < -0.4 is 5.73 Å². The standard InChI is InChI=1S/C14H14N4OS/c1-8-5-10(15)3-4-12(8)14-17-13(18-19-14)6-11-7-20-9(2)16-11/h3-5,7H,6,15H2,1-2H3. The minimum Gasteiger partial charge on any atom is -0.399 e. The van der Waals surface area contributed by atoms with Gasteiger partial charge in [-0.2, -0.15) is 4.98 Å². The SMILES string of the molecule is Cc1nc(Cc2noc(-c3ccc(N)cc3C)n2)cs1. The minimum atomic E-state index is 0.518. The first-order valence-electron chi connectivity index (χ1n) is 6.22. The summed E-state index contributed by atoms with van der Waals surface area (Å²) in [5, 5.41) is 7.06. The number of hydrogen-bond acceptors (Lipinski definition) is 6. The highest BCUT2D eigenvalue weighted by Crippen LogP contribution is 2.24. The van der Waals surface area contributed by atoms with Crippen LogP contribution in [0.15, 0.2) is 28.1 Å². The number of thiazole rings is 1. The van der Waals surface area contributed by atoms with E-state index in [9.17, 15) is 0 Å². The van der Waals surface area contributed by atoms with Gasteiger partial charge in [0.2, 0.25) is 0 Å². The largest absolute Gasteiger partial charge is 0.399 e. The number of rotatable bonds is 3. The van der Waals surface area contributed by atoms with Crippen molar-refractivity contribution in [3.63, 3.8) is 0 Å². The van der Waals surface area contributed by atoms with Crippen LogP contribution in [-0.4, -0.2) is 15.1 Å². The van der Waals surface area contributed by atoms with Crippen LogP contribution in [0.4, 0.5) is 5.69 Å². The smallest absolute Gasteiger partial charge is 0.258 e. The highest BCUT2D eigenvalue weighted by molar-refractivity contribution is 7.09. The number of benzene rings is 1. The second-order valence-electron chi connectivity index (χ2n) is 4.62. The Morgan fingerprint density at radius 3 is 2.80 bits per heavy atom. The van der Waals surface area contributed by atoms with E-state index in [2.05, 4.69) is 15.1 Å². The second kappa shape index (κ2) is 5.05. The molecule has 0 saturated carbocycles. The van der Waals surface area contributed by atoms with Crippen molar-refractivity contribution < 1.29 is 4.52 Å². The summed E-state index contributed by atoms with van der Waals surface area (Å²) in [6.07, 6.45) is 0.585. The summed E-state index contributed by atoms with van der Waals surface area (Å²) < 4.78 is 5.32. The summed E-state index contributed by atoms with van der Waals surface area (Å²) in [5.74, 6) is 1.16. The molecule has 0 atom stereocenters. The minimum absolute atomic E-state index is 0.518. The Hall–Kier alpha value is -2.21. The second-order valence-corrected chi connectivity index (χ2v) is 5.69. The summed E-state index contributed by atoms with van der Waals surface area (Å²) in [4.78, 5) is 8.82. The third kappa shape index (κ3) is 2.55. The van der Waals surface area contributed by atoms with Gasteiger partial charge in [0.25, 0.3) is 5.89 Å². The van der Waals surface area contributed by atoms with Gasteiger partial charge in [0.15, 0.2) is 5.82 Å². The van der Waals surface area contributed by atoms with Gasteiger partial charge in [-0.15, -0.1) is 11.3 Å². The Morgan fingerprint density at radius 2 is 2.10 bits per heavy atom. The molecule has 0 aliphatic carbocycles. The number of nitrogens with zero attached hydrogens (tertiary/aromatic N) is 3. The summed E-state index contributed by atoms with van der Waals surface area (Å²) >= 11 is 1.62. The van der Waals surface area contributed by atoms with Crippen LogP contribution in [0.3, 0.4) is 0 Å². The zero-order valence-electron chi connectivity index (χ0n) is 11.3. The van der Waals surface area contributed by atoms with E-state index in [4.69, 9.17) is 10.3 Å². The summed E-state index contributed by atoms with van der Waals surface area (Å²) in [7, 11) is 0. The van der Waals surface area contributed by atoms with E-state index in [0.29, 0.717) is 18.1 Å². The lowest BCUT2D eigenvalue weighted by Gasteiger charge is -2.01. The van der Waals surface area contributed by atoms with Crippen molar-refractivity contribution >= 4 is 17.0 Å². The van der Waals surface area contributed by atoms with Crippen molar-refractivity contribution in [2.75, 3.05) is 5.73 Å². The number of anilines is 1. The molecular weight excluding hydrogens is 272 g/mol. The number of nitrogens with two attached hydrogens (primary N) is 1. The molecule has 0 radical (unpaired) electrons. The maximum atomic E-state index is 5.74. The van der Waals surface area contributed by atoms with Gasteiger partial charge < -0.3 is 10.3 Å². The molecular formula is C14H14N4OS. The number of aryl methyl sites for hydroxylation is 2. The molecule has 0 fully saturated rings. The van der Waals surface area contributed by atoms with Crippen molar-refractivity contribution in [2.24, 2.45) is 0 Å². The number of nitrogen functional groups attached to an aromatic ring is 1. The Bertz CT molecular complexity index is 747. The molecule has 3 rings (SSSR count). The Kier molecular flexibility index (Phi) is 3.23. The van der Waals surface area contributed by atoms with Crippen LogP contribution >= 0.6 is 11.3 Å². The van der Waals surface area contributed by atoms with Gasteiger partial charge in [-0.25, -0.2) is 4.98 Å². The highest BCUT2D eigenvalue weighted by Gasteiger charge is 2.12. The molecule has 0 aliphatic heterocycles. The Morgan fingerprint density at radius 1 is 1.25 bits per heavy atom. The zero-order chi connectivity index (χ0) is 14.1. The third-order valence-corrected chi connectivity index (χ3v) is 3.78. The average Bonchev–Trinajstić information content (AvgIpc) is 2.99. The molecule has 0 bridgehead atoms. The van der Waals surface area contributed by atoms with Gasteiger partial charge in [-0.05, 0) is 37.6 Å². The van der Waals surface area contributed by atoms with Gasteiger partial charge in [0.1, 0.15) is 0 Å². The molecule has 2 aromatic heterocycles. The van der Waals surface area contributed by atoms with E-state index >= 15 is 0 Å². The van der Waals surface area contributed by atoms with Crippen LogP contribution in [0.25, 0.3) is 11.5 Å². The van der Waals surface area contributed by atoms with Gasteiger partial charge in [-0.1, -0.05) is 5.16 Å². The maximum absolute atomic E-state index is 5.74. The van der Waals surface area contributed by atoms with Gasteiger partial charge in [0.05, 0.1) is 17.1 Å². The molecule has 3 aromatic rings. The fraction of sp³-hybridized carbons (Fsp3) is 0.214. The fourth-order valence-electron chi connectivity index (χ4n) is 2.01. The van der Waals surface area contributed by atoms with E-state index in [0.717, 1.165) is 27.5 Å². The first-order valence-corrected chi connectivity index (χ1v) is 7.10. The molecule has 5 nitrogen and oxygen atoms in total. The third-order valence-electron chi connectivity index (χ3n) is 2.95. The van der Waals surface area contributed by atoms with E-state index < -0.39 is 0 Å². The van der Waals surface area contributed by atoms with Crippen molar-refractivity contribution in [3.05, 3.63) is 45.7 Å². The van der Waals surface area contributed by atoms with Crippen molar-refractivity contribution in [2.45, 2.75) is 20.3 Å². The highest BCUT2D eigenvalue weighted by atomic mass is 32.1. The maximum Gasteiger partial charge on any atom is 0.258 e. The lowest BCUT2D eigenvalue weighted by Crippen LogP contribution is -1.92. The lowest BCUT2D eigenvalue weighted by atomic mass is 10.1. The van der Waals surface area contributed by atoms with Crippen molar-refractivity contribution in [1.29, 1.82) is 0 Å². The first-order chi connectivity index (χ1) is 9.61. The molecule has 1 aromatic carbocycles. The first kappa shape index (κ1) is 12.8. The van der Waals surface area contributed by atoms with Crippen molar-refractivity contribution in [1.82, 2.24) is 15.1 Å². The number of hydrogen-bond donors (Lipinski definition) is 1. The van der Waals surface area contributed by atoms with E-state index in [1.807, 2.05) is 37.4 Å². The Labute approximate surface area is 120 Å². The molecule has 20 heavy (non-hydrogen) atoms. The molecule has 2 heterocycles. The fourth-order valence-corrected chi connectivity index (χ4v) is 2.63. The molecule has 6 heteroatoms. The average molecular weight is 286 g/mol. The van der Waals surface area contributed by atoms with Crippen LogP contribution in [0.2, 0.25) is 0 Å². The van der Waals surface area contributed by atoms with E-state index in [1.54, 1.807) is 11.3 Å². The predicted molar refractivity (Wildman–Crippen MR) is 78.5 cm³/mol. The monoisotopic (exact) mass is 286 g/mol. The van der Waals surface area contributed by atoms with E-state index in [1.165, 1.54) is 0 Å². The number of aromatic nitrogens is 3. The Balaban J connectivity index is 1.86. The predicted octanol–water partition coefficient (Wildman–Crippen LogP) is 2.98. The molecule has 102 valence electrons.